The van der Waals surface area contributed by atoms with Crippen LogP contribution in [0.1, 0.15) is 47.4 Å². The lowest BCUT2D eigenvalue weighted by molar-refractivity contribution is 0.0971. The Balaban J connectivity index is 1.84. The summed E-state index contributed by atoms with van der Waals surface area (Å²) in [7, 11) is 0. The summed E-state index contributed by atoms with van der Waals surface area (Å²) in [5, 5.41) is 0. The predicted octanol–water partition coefficient (Wildman–Crippen LogP) is 5.14. The Hall–Kier alpha value is -2.67. The first-order valence-electron chi connectivity index (χ1n) is 8.81. The lowest BCUT2D eigenvalue weighted by atomic mass is 10.1. The summed E-state index contributed by atoms with van der Waals surface area (Å²) in [6.45, 7) is 2.29. The van der Waals surface area contributed by atoms with E-state index in [1.807, 2.05) is 6.92 Å². The third-order valence-electron chi connectivity index (χ3n) is 4.04. The van der Waals surface area contributed by atoms with Crippen molar-refractivity contribution in [3.8, 4) is 5.75 Å². The van der Waals surface area contributed by atoms with Crippen LogP contribution in [0.3, 0.4) is 0 Å². The van der Waals surface area contributed by atoms with Crippen LogP contribution in [0, 0.1) is 5.82 Å². The minimum absolute atomic E-state index is 0.0305. The molecule has 5 nitrogen and oxygen atoms in total. The molecule has 0 bridgehead atoms. The number of unbranched alkanes of at least 4 members (excludes halogenated alkanes) is 1. The van der Waals surface area contributed by atoms with Gasteiger partial charge >= 0.3 is 0 Å². The van der Waals surface area contributed by atoms with Gasteiger partial charge in [-0.3, -0.25) is 9.59 Å². The summed E-state index contributed by atoms with van der Waals surface area (Å²) in [6, 6.07) is 9.19. The fraction of sp³-hybridized carbons (Fsp3) is 0.238. The molecule has 146 valence electrons. The predicted molar refractivity (Wildman–Crippen MR) is 104 cm³/mol. The van der Waals surface area contributed by atoms with E-state index in [1.54, 1.807) is 18.2 Å². The number of carbonyl (C=O) groups is 1. The van der Waals surface area contributed by atoms with Crippen molar-refractivity contribution in [3.63, 3.8) is 0 Å². The fourth-order valence-electron chi connectivity index (χ4n) is 2.55. The third-order valence-corrected chi connectivity index (χ3v) is 4.58. The van der Waals surface area contributed by atoms with Crippen LogP contribution in [0.25, 0.3) is 0 Å². The minimum Gasteiger partial charge on any atom is -0.486 e. The molecule has 7 heteroatoms. The first kappa shape index (κ1) is 20.1. The topological polar surface area (TPSA) is 69.7 Å². The molecule has 0 aliphatic carbocycles. The average Bonchev–Trinajstić information content (AvgIpc) is 3.15. The lowest BCUT2D eigenvalue weighted by Crippen LogP contribution is -2.15. The number of hydrogen-bond acceptors (Lipinski definition) is 5. The van der Waals surface area contributed by atoms with Crippen LogP contribution in [0.15, 0.2) is 60.8 Å². The molecule has 0 saturated heterocycles. The van der Waals surface area contributed by atoms with E-state index in [-0.39, 0.29) is 27.6 Å². The maximum absolute atomic E-state index is 13.0. The van der Waals surface area contributed by atoms with Crippen LogP contribution in [0.5, 0.6) is 5.75 Å². The Morgan fingerprint density at radius 2 is 1.93 bits per heavy atom. The highest BCUT2D eigenvalue weighted by Gasteiger charge is 2.25. The molecule has 0 N–H and O–H groups in total. The summed E-state index contributed by atoms with van der Waals surface area (Å²) < 4.78 is 29.6. The zero-order valence-electron chi connectivity index (χ0n) is 15.2. The van der Waals surface area contributed by atoms with Gasteiger partial charge in [-0.15, -0.1) is 0 Å². The van der Waals surface area contributed by atoms with Crippen LogP contribution < -0.4 is 10.2 Å². The molecule has 1 aromatic carbocycles. The van der Waals surface area contributed by atoms with Gasteiger partial charge in [-0.1, -0.05) is 25.5 Å². The van der Waals surface area contributed by atoms with Crippen molar-refractivity contribution in [2.75, 3.05) is 6.61 Å². The number of ether oxygens (including phenoxy) is 1. The smallest absolute Gasteiger partial charge is 0.267 e. The van der Waals surface area contributed by atoms with Gasteiger partial charge in [0.2, 0.25) is 16.9 Å². The second-order valence-electron chi connectivity index (χ2n) is 6.17. The first-order chi connectivity index (χ1) is 13.5. The second kappa shape index (κ2) is 9.01. The Bertz CT molecular complexity index is 1020. The summed E-state index contributed by atoms with van der Waals surface area (Å²) in [5.41, 5.74) is 0.386. The third kappa shape index (κ3) is 4.59. The van der Waals surface area contributed by atoms with E-state index in [0.29, 0.717) is 18.8 Å². The molecule has 0 amide bonds. The minimum atomic E-state index is -0.582. The highest BCUT2D eigenvalue weighted by Crippen LogP contribution is 2.23. The van der Waals surface area contributed by atoms with Gasteiger partial charge in [-0.25, -0.2) is 4.39 Å². The van der Waals surface area contributed by atoms with Gasteiger partial charge in [0.05, 0.1) is 6.61 Å². The van der Waals surface area contributed by atoms with E-state index in [9.17, 15) is 14.0 Å². The first-order valence-corrected chi connectivity index (χ1v) is 9.61. The Morgan fingerprint density at radius 3 is 2.64 bits per heavy atom. The Labute approximate surface area is 169 Å². The van der Waals surface area contributed by atoms with Gasteiger partial charge in [0.15, 0.2) is 5.76 Å². The molecule has 0 spiro atoms. The molecule has 0 saturated carbocycles. The van der Waals surface area contributed by atoms with Gasteiger partial charge in [0.1, 0.15) is 22.3 Å². The van der Waals surface area contributed by atoms with Gasteiger partial charge in [-0.2, -0.15) is 0 Å². The summed E-state index contributed by atoms with van der Waals surface area (Å²) in [4.78, 5) is 25.2. The number of rotatable bonds is 8. The summed E-state index contributed by atoms with van der Waals surface area (Å²) >= 11 is 3.09. The molecule has 2 aromatic heterocycles. The SMILES string of the molecule is CCCCOc1c(C(=O)c2ccc(Cc3ccc(F)cc3)o2)occ(Br)c1=O. The van der Waals surface area contributed by atoms with Crippen LogP contribution in [0.2, 0.25) is 0 Å². The largest absolute Gasteiger partial charge is 0.486 e. The number of ketones is 1. The van der Waals surface area contributed by atoms with Crippen LogP contribution in [-0.4, -0.2) is 12.4 Å². The Kier molecular flexibility index (Phi) is 6.46. The van der Waals surface area contributed by atoms with Crippen LogP contribution in [-0.2, 0) is 6.42 Å². The maximum atomic E-state index is 13.0. The van der Waals surface area contributed by atoms with Crippen molar-refractivity contribution in [1.29, 1.82) is 0 Å². The normalized spacial score (nSPS) is 10.8. The molecule has 3 rings (SSSR count). The number of benzene rings is 1. The van der Waals surface area contributed by atoms with E-state index in [1.165, 1.54) is 18.2 Å². The molecule has 0 radical (unpaired) electrons. The van der Waals surface area contributed by atoms with E-state index >= 15 is 0 Å². The molecule has 3 aromatic rings. The van der Waals surface area contributed by atoms with Crippen molar-refractivity contribution in [2.24, 2.45) is 0 Å². The summed E-state index contributed by atoms with van der Waals surface area (Å²) in [6.07, 6.45) is 3.18. The van der Waals surface area contributed by atoms with Crippen molar-refractivity contribution in [1.82, 2.24) is 0 Å². The molecule has 0 aliphatic rings. The molecule has 28 heavy (non-hydrogen) atoms. The van der Waals surface area contributed by atoms with Crippen LogP contribution in [0.4, 0.5) is 4.39 Å². The highest BCUT2D eigenvalue weighted by molar-refractivity contribution is 9.10. The van der Waals surface area contributed by atoms with E-state index in [4.69, 9.17) is 13.6 Å². The van der Waals surface area contributed by atoms with Gasteiger partial charge in [-0.05, 0) is 52.2 Å². The van der Waals surface area contributed by atoms with Gasteiger partial charge < -0.3 is 13.6 Å². The molecule has 0 unspecified atom stereocenters. The van der Waals surface area contributed by atoms with Gasteiger partial charge in [0, 0.05) is 6.42 Å². The zero-order chi connectivity index (χ0) is 20.1. The number of halogens is 2. The van der Waals surface area contributed by atoms with Crippen molar-refractivity contribution in [3.05, 3.63) is 86.0 Å². The van der Waals surface area contributed by atoms with Gasteiger partial charge in [0.25, 0.3) is 5.78 Å². The molecule has 0 atom stereocenters. The van der Waals surface area contributed by atoms with E-state index in [2.05, 4.69) is 15.9 Å². The molecule has 0 aliphatic heterocycles. The van der Waals surface area contributed by atoms with Crippen LogP contribution >= 0.6 is 15.9 Å². The quantitative estimate of drug-likeness (QED) is 0.352. The molecular weight excluding hydrogens is 431 g/mol. The maximum Gasteiger partial charge on any atom is 0.267 e. The lowest BCUT2D eigenvalue weighted by Gasteiger charge is -2.08. The highest BCUT2D eigenvalue weighted by atomic mass is 79.9. The van der Waals surface area contributed by atoms with E-state index in [0.717, 1.165) is 24.7 Å². The number of hydrogen-bond donors (Lipinski definition) is 0. The molecular formula is C21H18BrFO5. The fourth-order valence-corrected chi connectivity index (χ4v) is 2.82. The monoisotopic (exact) mass is 448 g/mol. The zero-order valence-corrected chi connectivity index (χ0v) is 16.8. The van der Waals surface area contributed by atoms with Crippen molar-refractivity contribution < 1.29 is 22.8 Å². The Morgan fingerprint density at radius 1 is 1.18 bits per heavy atom. The van der Waals surface area contributed by atoms with Crippen molar-refractivity contribution in [2.45, 2.75) is 26.2 Å². The number of carbonyl (C=O) groups excluding carboxylic acids is 1. The molecule has 0 fully saturated rings. The average molecular weight is 449 g/mol. The standard InChI is InChI=1S/C21H18BrFO5/c1-2-3-10-26-20-18(24)16(22)12-27-21(20)19(25)17-9-8-15(28-17)11-13-4-6-14(23)7-5-13/h4-9,12H,2-3,10-11H2,1H3. The summed E-state index contributed by atoms with van der Waals surface area (Å²) in [5.74, 6) is -0.677. The molecule has 2 heterocycles. The second-order valence-corrected chi connectivity index (χ2v) is 7.03. The van der Waals surface area contributed by atoms with Crippen molar-refractivity contribution >= 4 is 21.7 Å². The van der Waals surface area contributed by atoms with E-state index < -0.39 is 11.2 Å². The number of furan rings is 1.